The SMILES string of the molecule is O=C(O)c1ccc(-c2nc3ccc(C[C@@H]4CC[C@H]([C@H](O)c5ccccc5)N4)cc3[nH]2)cc1. The summed E-state index contributed by atoms with van der Waals surface area (Å²) < 4.78 is 0. The average Bonchev–Trinajstić information content (AvgIpc) is 3.46. The van der Waals surface area contributed by atoms with E-state index in [0.717, 1.165) is 47.2 Å². The van der Waals surface area contributed by atoms with E-state index < -0.39 is 12.1 Å². The minimum absolute atomic E-state index is 0.0682. The summed E-state index contributed by atoms with van der Waals surface area (Å²) in [6.07, 6.45) is 2.36. The number of H-pyrrole nitrogens is 1. The van der Waals surface area contributed by atoms with E-state index in [0.29, 0.717) is 6.04 Å². The Kier molecular flexibility index (Phi) is 5.47. The molecule has 1 fully saturated rings. The molecular weight excluding hydrogens is 402 g/mol. The molecule has 4 aromatic rings. The highest BCUT2D eigenvalue weighted by Gasteiger charge is 2.29. The van der Waals surface area contributed by atoms with Crippen LogP contribution >= 0.6 is 0 Å². The van der Waals surface area contributed by atoms with Crippen molar-refractivity contribution in [3.63, 3.8) is 0 Å². The molecule has 1 saturated heterocycles. The third-order valence-electron chi connectivity index (χ3n) is 6.23. The van der Waals surface area contributed by atoms with Gasteiger partial charge < -0.3 is 20.5 Å². The van der Waals surface area contributed by atoms with Crippen molar-refractivity contribution in [2.24, 2.45) is 0 Å². The van der Waals surface area contributed by atoms with Crippen LogP contribution in [0, 0.1) is 0 Å². The van der Waals surface area contributed by atoms with Crippen molar-refractivity contribution < 1.29 is 15.0 Å². The molecule has 0 aliphatic carbocycles. The first-order valence-electron chi connectivity index (χ1n) is 10.9. The Morgan fingerprint density at radius 1 is 1.03 bits per heavy atom. The Morgan fingerprint density at radius 3 is 2.56 bits per heavy atom. The van der Waals surface area contributed by atoms with Crippen molar-refractivity contribution in [1.82, 2.24) is 15.3 Å². The normalized spacial score (nSPS) is 19.3. The molecule has 1 aliphatic rings. The van der Waals surface area contributed by atoms with Crippen LogP contribution in [0.5, 0.6) is 0 Å². The van der Waals surface area contributed by atoms with Gasteiger partial charge in [0, 0.05) is 17.6 Å². The lowest BCUT2D eigenvalue weighted by molar-refractivity contribution is 0.0697. The molecule has 162 valence electrons. The number of hydrogen-bond donors (Lipinski definition) is 4. The summed E-state index contributed by atoms with van der Waals surface area (Å²) in [6.45, 7) is 0. The summed E-state index contributed by atoms with van der Waals surface area (Å²) >= 11 is 0. The fourth-order valence-electron chi connectivity index (χ4n) is 4.52. The number of aromatic carboxylic acids is 1. The number of carbonyl (C=O) groups is 1. The van der Waals surface area contributed by atoms with Crippen molar-refractivity contribution in [2.75, 3.05) is 0 Å². The Bertz CT molecular complexity index is 1230. The smallest absolute Gasteiger partial charge is 0.335 e. The summed E-state index contributed by atoms with van der Waals surface area (Å²) in [5, 5.41) is 23.4. The summed E-state index contributed by atoms with van der Waals surface area (Å²) in [7, 11) is 0. The molecule has 5 rings (SSSR count). The van der Waals surface area contributed by atoms with E-state index in [9.17, 15) is 9.90 Å². The Balaban J connectivity index is 1.28. The summed E-state index contributed by atoms with van der Waals surface area (Å²) in [6, 6.07) is 23.2. The zero-order valence-electron chi connectivity index (χ0n) is 17.5. The maximum absolute atomic E-state index is 11.1. The number of aliphatic hydroxyl groups excluding tert-OH is 1. The molecule has 4 N–H and O–H groups in total. The Morgan fingerprint density at radius 2 is 1.81 bits per heavy atom. The van der Waals surface area contributed by atoms with Crippen LogP contribution in [0.15, 0.2) is 72.8 Å². The minimum Gasteiger partial charge on any atom is -0.478 e. The topological polar surface area (TPSA) is 98.2 Å². The lowest BCUT2D eigenvalue weighted by Gasteiger charge is -2.20. The lowest BCUT2D eigenvalue weighted by atomic mass is 10.0. The van der Waals surface area contributed by atoms with Crippen LogP contribution in [0.3, 0.4) is 0 Å². The molecule has 6 nitrogen and oxygen atoms in total. The molecular formula is C26H25N3O3. The fourth-order valence-corrected chi connectivity index (χ4v) is 4.52. The Labute approximate surface area is 186 Å². The van der Waals surface area contributed by atoms with E-state index in [4.69, 9.17) is 5.11 Å². The molecule has 2 heterocycles. The number of rotatable bonds is 6. The molecule has 1 aromatic heterocycles. The first kappa shape index (κ1) is 20.4. The van der Waals surface area contributed by atoms with Gasteiger partial charge in [0.2, 0.25) is 0 Å². The van der Waals surface area contributed by atoms with Crippen molar-refractivity contribution in [1.29, 1.82) is 0 Å². The van der Waals surface area contributed by atoms with Crippen molar-refractivity contribution in [2.45, 2.75) is 37.5 Å². The maximum atomic E-state index is 11.1. The van der Waals surface area contributed by atoms with Gasteiger partial charge in [0.15, 0.2) is 0 Å². The van der Waals surface area contributed by atoms with Gasteiger partial charge in [0.05, 0.1) is 22.7 Å². The van der Waals surface area contributed by atoms with Crippen LogP contribution in [0.2, 0.25) is 0 Å². The van der Waals surface area contributed by atoms with Gasteiger partial charge in [-0.05, 0) is 54.7 Å². The number of fused-ring (bicyclic) bond motifs is 1. The minimum atomic E-state index is -0.940. The number of carboxylic acid groups (broad SMARTS) is 1. The zero-order chi connectivity index (χ0) is 22.1. The van der Waals surface area contributed by atoms with E-state index in [1.54, 1.807) is 24.3 Å². The largest absolute Gasteiger partial charge is 0.478 e. The molecule has 6 heteroatoms. The standard InChI is InChI=1S/C26H25N3O3/c30-24(17-4-2-1-3-5-17)22-13-11-20(27-22)14-16-6-12-21-23(15-16)29-25(28-21)18-7-9-19(10-8-18)26(31)32/h1-10,12,15,20,22,24,27,30H,11,13-14H2,(H,28,29)(H,31,32)/t20-,22+,24+/m0/s1. The average molecular weight is 428 g/mol. The summed E-state index contributed by atoms with van der Waals surface area (Å²) in [5.74, 6) is -0.219. The first-order chi connectivity index (χ1) is 15.6. The third kappa shape index (κ3) is 4.15. The number of aromatic amines is 1. The van der Waals surface area contributed by atoms with Crippen molar-refractivity contribution in [3.8, 4) is 11.4 Å². The monoisotopic (exact) mass is 427 g/mol. The second kappa shape index (κ2) is 8.57. The van der Waals surface area contributed by atoms with Crippen LogP contribution in [0.1, 0.15) is 40.4 Å². The van der Waals surface area contributed by atoms with E-state index >= 15 is 0 Å². The number of nitrogens with zero attached hydrogens (tertiary/aromatic N) is 1. The van der Waals surface area contributed by atoms with E-state index in [2.05, 4.69) is 27.4 Å². The predicted octanol–water partition coefficient (Wildman–Crippen LogP) is 4.32. The fraction of sp³-hybridized carbons (Fsp3) is 0.231. The van der Waals surface area contributed by atoms with E-state index in [1.165, 1.54) is 5.56 Å². The summed E-state index contributed by atoms with van der Waals surface area (Å²) in [5.41, 5.74) is 5.10. The molecule has 0 unspecified atom stereocenters. The molecule has 0 bridgehead atoms. The van der Waals surface area contributed by atoms with Crippen LogP contribution < -0.4 is 5.32 Å². The molecule has 0 amide bonds. The van der Waals surface area contributed by atoms with E-state index in [-0.39, 0.29) is 11.6 Å². The van der Waals surface area contributed by atoms with Gasteiger partial charge in [0.25, 0.3) is 0 Å². The molecule has 3 atom stereocenters. The van der Waals surface area contributed by atoms with Gasteiger partial charge >= 0.3 is 5.97 Å². The Hall–Kier alpha value is -3.48. The van der Waals surface area contributed by atoms with Crippen molar-refractivity contribution >= 4 is 17.0 Å². The maximum Gasteiger partial charge on any atom is 0.335 e. The van der Waals surface area contributed by atoms with Gasteiger partial charge in [-0.15, -0.1) is 0 Å². The second-order valence-corrected chi connectivity index (χ2v) is 8.43. The van der Waals surface area contributed by atoms with Gasteiger partial charge in [0.1, 0.15) is 5.82 Å². The molecule has 0 spiro atoms. The number of hydrogen-bond acceptors (Lipinski definition) is 4. The number of nitrogens with one attached hydrogen (secondary N) is 2. The number of aliphatic hydroxyl groups is 1. The summed E-state index contributed by atoms with van der Waals surface area (Å²) in [4.78, 5) is 19.1. The van der Waals surface area contributed by atoms with Crippen LogP contribution in [-0.4, -0.2) is 38.2 Å². The van der Waals surface area contributed by atoms with Crippen LogP contribution in [0.25, 0.3) is 22.4 Å². The predicted molar refractivity (Wildman–Crippen MR) is 124 cm³/mol. The van der Waals surface area contributed by atoms with Gasteiger partial charge in [-0.3, -0.25) is 0 Å². The first-order valence-corrected chi connectivity index (χ1v) is 10.9. The number of imidazole rings is 1. The second-order valence-electron chi connectivity index (χ2n) is 8.43. The van der Waals surface area contributed by atoms with Gasteiger partial charge in [-0.25, -0.2) is 9.78 Å². The van der Waals surface area contributed by atoms with Crippen LogP contribution in [-0.2, 0) is 6.42 Å². The van der Waals surface area contributed by atoms with Crippen molar-refractivity contribution in [3.05, 3.63) is 89.5 Å². The quantitative estimate of drug-likeness (QED) is 0.367. The van der Waals surface area contributed by atoms with Crippen LogP contribution in [0.4, 0.5) is 0 Å². The molecule has 0 radical (unpaired) electrons. The highest BCUT2D eigenvalue weighted by atomic mass is 16.4. The lowest BCUT2D eigenvalue weighted by Crippen LogP contribution is -2.35. The number of aromatic nitrogens is 2. The number of carboxylic acids is 1. The zero-order valence-corrected chi connectivity index (χ0v) is 17.5. The third-order valence-corrected chi connectivity index (χ3v) is 6.23. The molecule has 32 heavy (non-hydrogen) atoms. The number of benzene rings is 3. The van der Waals surface area contributed by atoms with E-state index in [1.807, 2.05) is 36.4 Å². The highest BCUT2D eigenvalue weighted by molar-refractivity contribution is 5.88. The highest BCUT2D eigenvalue weighted by Crippen LogP contribution is 2.28. The molecule has 1 aliphatic heterocycles. The molecule has 0 saturated carbocycles. The molecule has 3 aromatic carbocycles. The van der Waals surface area contributed by atoms with Gasteiger partial charge in [-0.1, -0.05) is 48.5 Å². The van der Waals surface area contributed by atoms with Gasteiger partial charge in [-0.2, -0.15) is 0 Å².